The molecule has 0 radical (unpaired) electrons. The highest BCUT2D eigenvalue weighted by Gasteiger charge is 2.46. The lowest BCUT2D eigenvalue weighted by atomic mass is 9.95. The van der Waals surface area contributed by atoms with Crippen LogP contribution in [0, 0.1) is 6.92 Å². The Labute approximate surface area is 177 Å². The number of hydrogen-bond donors (Lipinski definition) is 1. The number of halogens is 1. The van der Waals surface area contributed by atoms with Crippen LogP contribution in [0.4, 0.5) is 5.69 Å². The van der Waals surface area contributed by atoms with E-state index in [-0.39, 0.29) is 11.3 Å². The molecule has 0 spiro atoms. The zero-order chi connectivity index (χ0) is 20.5. The molecule has 144 valence electrons. The van der Waals surface area contributed by atoms with Crippen LogP contribution in [0.15, 0.2) is 88.9 Å². The first-order valence-electron chi connectivity index (χ1n) is 9.16. The minimum atomic E-state index is -0.706. The molecule has 1 N–H and O–H groups in total. The van der Waals surface area contributed by atoms with Crippen LogP contribution in [-0.4, -0.2) is 16.8 Å². The first-order valence-corrected chi connectivity index (χ1v) is 9.95. The maximum absolute atomic E-state index is 13.0. The second kappa shape index (κ2) is 7.68. The number of amides is 1. The summed E-state index contributed by atoms with van der Waals surface area (Å²) >= 11 is 3.37. The Morgan fingerprint density at radius 3 is 2.14 bits per heavy atom. The van der Waals surface area contributed by atoms with Crippen LogP contribution in [0.2, 0.25) is 0 Å². The molecule has 1 atom stereocenters. The topological polar surface area (TPSA) is 57.6 Å². The molecule has 5 heteroatoms. The molecule has 0 saturated carbocycles. The van der Waals surface area contributed by atoms with Crippen LogP contribution < -0.4 is 4.90 Å². The highest BCUT2D eigenvalue weighted by molar-refractivity contribution is 9.10. The highest BCUT2D eigenvalue weighted by Crippen LogP contribution is 2.42. The number of aliphatic hydroxyl groups is 1. The highest BCUT2D eigenvalue weighted by atomic mass is 79.9. The largest absolute Gasteiger partial charge is 0.507 e. The van der Waals surface area contributed by atoms with Crippen molar-refractivity contribution < 1.29 is 14.7 Å². The third-order valence-corrected chi connectivity index (χ3v) is 5.52. The summed E-state index contributed by atoms with van der Waals surface area (Å²) in [4.78, 5) is 27.5. The Kier molecular flexibility index (Phi) is 5.07. The monoisotopic (exact) mass is 447 g/mol. The summed E-state index contributed by atoms with van der Waals surface area (Å²) in [7, 11) is 0. The van der Waals surface area contributed by atoms with Gasteiger partial charge in [-0.1, -0.05) is 76.1 Å². The molecule has 3 aromatic carbocycles. The predicted molar refractivity (Wildman–Crippen MR) is 117 cm³/mol. The molecule has 3 aromatic rings. The van der Waals surface area contributed by atoms with Gasteiger partial charge in [0.2, 0.25) is 0 Å². The van der Waals surface area contributed by atoms with Crippen LogP contribution in [-0.2, 0) is 9.59 Å². The van der Waals surface area contributed by atoms with E-state index in [0.717, 1.165) is 15.6 Å². The number of hydrogen-bond acceptors (Lipinski definition) is 3. The van der Waals surface area contributed by atoms with Crippen molar-refractivity contribution in [2.45, 2.75) is 13.0 Å². The molecule has 1 amide bonds. The minimum absolute atomic E-state index is 0.0871. The van der Waals surface area contributed by atoms with Gasteiger partial charge in [0.1, 0.15) is 5.76 Å². The average molecular weight is 448 g/mol. The number of rotatable bonds is 3. The van der Waals surface area contributed by atoms with Crippen molar-refractivity contribution in [3.05, 3.63) is 106 Å². The standard InChI is InChI=1S/C24H18BrNO3/c1-15-7-13-19(14-8-15)26-21(16-5-3-2-4-6-16)20(23(28)24(26)29)22(27)17-9-11-18(25)12-10-17/h2-14,21,27H,1H3/b22-20+. The average Bonchev–Trinajstić information content (AvgIpc) is 3.00. The molecule has 29 heavy (non-hydrogen) atoms. The zero-order valence-corrected chi connectivity index (χ0v) is 17.3. The summed E-state index contributed by atoms with van der Waals surface area (Å²) in [6.45, 7) is 1.96. The molecule has 1 heterocycles. The Morgan fingerprint density at radius 1 is 0.897 bits per heavy atom. The SMILES string of the molecule is Cc1ccc(N2C(=O)C(=O)/C(=C(/O)c3ccc(Br)cc3)C2c2ccccc2)cc1. The second-order valence-electron chi connectivity index (χ2n) is 6.92. The summed E-state index contributed by atoms with van der Waals surface area (Å²) in [5.74, 6) is -1.53. The number of aryl methyl sites for hydroxylation is 1. The first-order chi connectivity index (χ1) is 14.0. The molecule has 0 aliphatic carbocycles. The quantitative estimate of drug-likeness (QED) is 0.332. The van der Waals surface area contributed by atoms with Crippen molar-refractivity contribution in [1.29, 1.82) is 0 Å². The minimum Gasteiger partial charge on any atom is -0.507 e. The van der Waals surface area contributed by atoms with Crippen molar-refractivity contribution in [1.82, 2.24) is 0 Å². The van der Waals surface area contributed by atoms with Gasteiger partial charge < -0.3 is 5.11 Å². The van der Waals surface area contributed by atoms with E-state index >= 15 is 0 Å². The number of carbonyl (C=O) groups is 2. The van der Waals surface area contributed by atoms with Crippen LogP contribution in [0.5, 0.6) is 0 Å². The Balaban J connectivity index is 1.93. The summed E-state index contributed by atoms with van der Waals surface area (Å²) in [5.41, 5.74) is 2.99. The van der Waals surface area contributed by atoms with E-state index in [1.54, 1.807) is 24.3 Å². The third-order valence-electron chi connectivity index (χ3n) is 4.99. The number of nitrogens with zero attached hydrogens (tertiary/aromatic N) is 1. The molecule has 4 nitrogen and oxygen atoms in total. The van der Waals surface area contributed by atoms with Gasteiger partial charge in [0, 0.05) is 15.7 Å². The van der Waals surface area contributed by atoms with E-state index in [2.05, 4.69) is 15.9 Å². The van der Waals surface area contributed by atoms with E-state index in [1.165, 1.54) is 4.90 Å². The van der Waals surface area contributed by atoms with E-state index in [0.29, 0.717) is 11.3 Å². The molecule has 1 aliphatic rings. The molecule has 1 aliphatic heterocycles. The predicted octanol–water partition coefficient (Wildman–Crippen LogP) is 5.38. The van der Waals surface area contributed by atoms with Gasteiger partial charge in [-0.2, -0.15) is 0 Å². The van der Waals surface area contributed by atoms with Crippen LogP contribution in [0.3, 0.4) is 0 Å². The molecular formula is C24H18BrNO3. The van der Waals surface area contributed by atoms with Crippen LogP contribution in [0.25, 0.3) is 5.76 Å². The maximum atomic E-state index is 13.0. The van der Waals surface area contributed by atoms with Gasteiger partial charge in [0.15, 0.2) is 0 Å². The lowest BCUT2D eigenvalue weighted by Gasteiger charge is -2.25. The zero-order valence-electron chi connectivity index (χ0n) is 15.7. The van der Waals surface area contributed by atoms with Crippen molar-refractivity contribution >= 4 is 39.1 Å². The smallest absolute Gasteiger partial charge is 0.300 e. The van der Waals surface area contributed by atoms with E-state index in [9.17, 15) is 14.7 Å². The summed E-state index contributed by atoms with van der Waals surface area (Å²) in [6, 6.07) is 23.0. The molecular weight excluding hydrogens is 430 g/mol. The molecule has 0 bridgehead atoms. The molecule has 0 aromatic heterocycles. The van der Waals surface area contributed by atoms with Gasteiger partial charge in [-0.15, -0.1) is 0 Å². The van der Waals surface area contributed by atoms with Gasteiger partial charge in [-0.25, -0.2) is 0 Å². The lowest BCUT2D eigenvalue weighted by molar-refractivity contribution is -0.132. The first kappa shape index (κ1) is 19.2. The normalized spacial score (nSPS) is 18.3. The van der Waals surface area contributed by atoms with E-state index < -0.39 is 17.7 Å². The Bertz CT molecular complexity index is 1100. The molecule has 1 saturated heterocycles. The van der Waals surface area contributed by atoms with Crippen molar-refractivity contribution in [3.8, 4) is 0 Å². The number of benzene rings is 3. The number of anilines is 1. The summed E-state index contributed by atoms with van der Waals surface area (Å²) in [5, 5.41) is 11.0. The fourth-order valence-electron chi connectivity index (χ4n) is 3.52. The Morgan fingerprint density at radius 2 is 1.52 bits per heavy atom. The second-order valence-corrected chi connectivity index (χ2v) is 7.84. The van der Waals surface area contributed by atoms with Crippen molar-refractivity contribution in [2.24, 2.45) is 0 Å². The van der Waals surface area contributed by atoms with Crippen molar-refractivity contribution in [3.63, 3.8) is 0 Å². The van der Waals surface area contributed by atoms with E-state index in [4.69, 9.17) is 0 Å². The van der Waals surface area contributed by atoms with E-state index in [1.807, 2.05) is 61.5 Å². The number of carbonyl (C=O) groups excluding carboxylic acids is 2. The fraction of sp³-hybridized carbons (Fsp3) is 0.0833. The third kappa shape index (κ3) is 3.49. The fourth-order valence-corrected chi connectivity index (χ4v) is 3.78. The number of Topliss-reactive ketones (excluding diaryl/α,β-unsaturated/α-hetero) is 1. The number of ketones is 1. The van der Waals surface area contributed by atoms with Crippen LogP contribution in [0.1, 0.15) is 22.7 Å². The van der Waals surface area contributed by atoms with Gasteiger partial charge in [-0.05, 0) is 36.8 Å². The summed E-state index contributed by atoms with van der Waals surface area (Å²) < 4.78 is 0.855. The molecule has 1 unspecified atom stereocenters. The van der Waals surface area contributed by atoms with Gasteiger partial charge in [-0.3, -0.25) is 14.5 Å². The summed E-state index contributed by atoms with van der Waals surface area (Å²) in [6.07, 6.45) is 0. The molecule has 1 fully saturated rings. The number of aliphatic hydroxyl groups excluding tert-OH is 1. The van der Waals surface area contributed by atoms with Gasteiger partial charge in [0.05, 0.1) is 11.6 Å². The van der Waals surface area contributed by atoms with Crippen molar-refractivity contribution in [2.75, 3.05) is 4.90 Å². The Hall–Kier alpha value is -3.18. The van der Waals surface area contributed by atoms with Crippen LogP contribution >= 0.6 is 15.9 Å². The lowest BCUT2D eigenvalue weighted by Crippen LogP contribution is -2.29. The molecule has 4 rings (SSSR count). The maximum Gasteiger partial charge on any atom is 0.300 e. The van der Waals surface area contributed by atoms with Gasteiger partial charge >= 0.3 is 0 Å². The van der Waals surface area contributed by atoms with Gasteiger partial charge in [0.25, 0.3) is 11.7 Å².